The molecule has 0 atom stereocenters. The van der Waals surface area contributed by atoms with Crippen LogP contribution < -0.4 is 11.1 Å². The summed E-state index contributed by atoms with van der Waals surface area (Å²) in [5.41, 5.74) is 4.72. The molecule has 56 valence electrons. The van der Waals surface area contributed by atoms with E-state index >= 15 is 0 Å². The molecule has 5 N–H and O–H groups in total. The van der Waals surface area contributed by atoms with Gasteiger partial charge in [-0.2, -0.15) is 0 Å². The van der Waals surface area contributed by atoms with E-state index in [1.165, 1.54) is 0 Å². The molecule has 0 bridgehead atoms. The summed E-state index contributed by atoms with van der Waals surface area (Å²) in [5, 5.41) is 16.1. The molecule has 0 unspecified atom stereocenters. The zero-order valence-corrected chi connectivity index (χ0v) is 5.66. The zero-order valence-electron chi connectivity index (χ0n) is 5.66. The van der Waals surface area contributed by atoms with Crippen molar-refractivity contribution in [1.29, 1.82) is 0 Å². The Kier molecular flexibility index (Phi) is 3.10. The molecule has 0 rings (SSSR count). The van der Waals surface area contributed by atoms with Gasteiger partial charge in [0.05, 0.1) is 0 Å². The summed E-state index contributed by atoms with van der Waals surface area (Å²) in [5.74, 6) is -0.818. The van der Waals surface area contributed by atoms with E-state index in [0.29, 0.717) is 6.42 Å². The van der Waals surface area contributed by atoms with Crippen molar-refractivity contribution in [2.75, 3.05) is 0 Å². The number of primary amides is 1. The third-order valence-corrected chi connectivity index (χ3v) is 1.02. The van der Waals surface area contributed by atoms with Crippen molar-refractivity contribution < 1.29 is 15.4 Å². The first-order valence-electron chi connectivity index (χ1n) is 2.77. The Hall–Kier alpha value is -1.39. The van der Waals surface area contributed by atoms with E-state index in [4.69, 9.17) is 16.4 Å². The van der Waals surface area contributed by atoms with Gasteiger partial charge in [0, 0.05) is 6.42 Å². The molecule has 0 radical (unpaired) electrons. The Labute approximate surface area is 58.0 Å². The molecule has 0 heterocycles. The smallest absolute Gasteiger partial charge is 0.277 e. The van der Waals surface area contributed by atoms with Crippen LogP contribution in [0.5, 0.6) is 0 Å². The van der Waals surface area contributed by atoms with Crippen LogP contribution in [0.2, 0.25) is 0 Å². The maximum absolute atomic E-state index is 10.4. The largest absolute Gasteiger partial charge is 0.410 e. The molecule has 0 aliphatic heterocycles. The summed E-state index contributed by atoms with van der Waals surface area (Å²) in [6.45, 7) is 1.73. The molecule has 0 saturated carbocycles. The lowest BCUT2D eigenvalue weighted by atomic mass is 10.2. The van der Waals surface area contributed by atoms with Crippen LogP contribution in [0, 0.1) is 0 Å². The number of carbonyl (C=O) groups excluding carboxylic acids is 1. The fourth-order valence-corrected chi connectivity index (χ4v) is 0.439. The normalized spacial score (nSPS) is 11.1. The van der Waals surface area contributed by atoms with Crippen molar-refractivity contribution in [2.24, 2.45) is 10.9 Å². The van der Waals surface area contributed by atoms with Crippen molar-refractivity contribution in [1.82, 2.24) is 0 Å². The highest BCUT2D eigenvalue weighted by atomic mass is 16.4. The number of hydrogen-bond acceptors (Lipinski definition) is 3. The third kappa shape index (κ3) is 1.85. The average molecular weight is 144 g/mol. The minimum atomic E-state index is -0.818. The van der Waals surface area contributed by atoms with Crippen molar-refractivity contribution in [3.63, 3.8) is 0 Å². The molecular weight excluding hydrogens is 134 g/mol. The van der Waals surface area contributed by atoms with E-state index in [2.05, 4.69) is 5.16 Å². The summed E-state index contributed by atoms with van der Waals surface area (Å²) in [6, 6.07) is 0. The average Bonchev–Trinajstić information content (AvgIpc) is 1.88. The van der Waals surface area contributed by atoms with Gasteiger partial charge in [0.2, 0.25) is 11.4 Å². The Balaban J connectivity index is 4.39. The molecule has 0 fully saturated rings. The van der Waals surface area contributed by atoms with E-state index in [0.717, 1.165) is 0 Å². The number of nitrogens with zero attached hydrogens (tertiary/aromatic N) is 1. The SMILES string of the molecule is CCC(=[NH2+])/C(=N\O)C(N)=O. The Morgan fingerprint density at radius 2 is 2.30 bits per heavy atom. The maximum Gasteiger partial charge on any atom is 0.277 e. The monoisotopic (exact) mass is 144 g/mol. The number of rotatable bonds is 3. The predicted octanol–water partition coefficient (Wildman–Crippen LogP) is -2.09. The van der Waals surface area contributed by atoms with Gasteiger partial charge in [0.25, 0.3) is 5.91 Å². The second-order valence-electron chi connectivity index (χ2n) is 1.69. The van der Waals surface area contributed by atoms with Gasteiger partial charge in [-0.3, -0.25) is 10.2 Å². The molecule has 1 amide bonds. The maximum atomic E-state index is 10.4. The molecule has 0 aromatic heterocycles. The highest BCUT2D eigenvalue weighted by Gasteiger charge is 2.16. The predicted molar refractivity (Wildman–Crippen MR) is 35.6 cm³/mol. The van der Waals surface area contributed by atoms with Crippen LogP contribution in [-0.4, -0.2) is 22.5 Å². The zero-order chi connectivity index (χ0) is 8.15. The lowest BCUT2D eigenvalue weighted by Gasteiger charge is -1.91. The topological polar surface area (TPSA) is 101 Å². The molecule has 10 heavy (non-hydrogen) atoms. The van der Waals surface area contributed by atoms with Gasteiger partial charge in [-0.25, -0.2) is 0 Å². The second kappa shape index (κ2) is 3.60. The molecule has 5 heteroatoms. The second-order valence-corrected chi connectivity index (χ2v) is 1.69. The number of oxime groups is 1. The first-order valence-corrected chi connectivity index (χ1v) is 2.77. The fraction of sp³-hybridized carbons (Fsp3) is 0.400. The van der Waals surface area contributed by atoms with Crippen LogP contribution in [0.1, 0.15) is 13.3 Å². The molecular formula is C5H10N3O2+. The van der Waals surface area contributed by atoms with Crippen molar-refractivity contribution >= 4 is 17.3 Å². The van der Waals surface area contributed by atoms with Gasteiger partial charge < -0.3 is 10.9 Å². The van der Waals surface area contributed by atoms with E-state index < -0.39 is 5.91 Å². The highest BCUT2D eigenvalue weighted by molar-refractivity contribution is 6.65. The van der Waals surface area contributed by atoms with Gasteiger partial charge in [-0.05, 0) is 0 Å². The lowest BCUT2D eigenvalue weighted by Crippen LogP contribution is -2.48. The molecule has 0 spiro atoms. The summed E-state index contributed by atoms with van der Waals surface area (Å²) >= 11 is 0. The summed E-state index contributed by atoms with van der Waals surface area (Å²) in [7, 11) is 0. The third-order valence-electron chi connectivity index (χ3n) is 1.02. The lowest BCUT2D eigenvalue weighted by molar-refractivity contribution is -0.116. The molecule has 0 aliphatic rings. The van der Waals surface area contributed by atoms with Gasteiger partial charge in [0.15, 0.2) is 0 Å². The first-order chi connectivity index (χ1) is 4.63. The Morgan fingerprint density at radius 3 is 2.40 bits per heavy atom. The molecule has 0 aliphatic carbocycles. The number of nitrogens with two attached hydrogens (primary N) is 2. The van der Waals surface area contributed by atoms with E-state index in [1.807, 2.05) is 0 Å². The quantitative estimate of drug-likeness (QED) is 0.240. The number of amides is 1. The molecule has 0 aromatic carbocycles. The Morgan fingerprint density at radius 1 is 1.80 bits per heavy atom. The number of hydrogen-bond donors (Lipinski definition) is 3. The van der Waals surface area contributed by atoms with E-state index in [9.17, 15) is 4.79 Å². The standard InChI is InChI=1S/C5H9N3O2/c1-2-3(6)4(8-10)5(7)9/h6,10H,2H2,1H3,(H2,7,9)/p+1/b6-3?,8-4+. The Bertz CT molecular complexity index is 185. The van der Waals surface area contributed by atoms with Crippen molar-refractivity contribution in [2.45, 2.75) is 13.3 Å². The summed E-state index contributed by atoms with van der Waals surface area (Å²) in [4.78, 5) is 10.4. The first kappa shape index (κ1) is 8.61. The molecule has 5 nitrogen and oxygen atoms in total. The van der Waals surface area contributed by atoms with E-state index in [-0.39, 0.29) is 11.4 Å². The highest BCUT2D eigenvalue weighted by Crippen LogP contribution is 1.82. The van der Waals surface area contributed by atoms with E-state index in [1.54, 1.807) is 6.92 Å². The van der Waals surface area contributed by atoms with Crippen LogP contribution in [0.3, 0.4) is 0 Å². The summed E-state index contributed by atoms with van der Waals surface area (Å²) < 4.78 is 0. The molecule has 0 aromatic rings. The summed E-state index contributed by atoms with van der Waals surface area (Å²) in [6.07, 6.45) is 0.433. The van der Waals surface area contributed by atoms with Crippen molar-refractivity contribution in [3.05, 3.63) is 0 Å². The van der Waals surface area contributed by atoms with Crippen LogP contribution in [-0.2, 0) is 4.79 Å². The van der Waals surface area contributed by atoms with Crippen LogP contribution in [0.4, 0.5) is 0 Å². The van der Waals surface area contributed by atoms with Gasteiger partial charge in [-0.15, -0.1) is 0 Å². The van der Waals surface area contributed by atoms with Gasteiger partial charge in [0.1, 0.15) is 0 Å². The number of carbonyl (C=O) groups is 1. The van der Waals surface area contributed by atoms with Crippen LogP contribution >= 0.6 is 0 Å². The minimum Gasteiger partial charge on any atom is -0.410 e. The van der Waals surface area contributed by atoms with Gasteiger partial charge in [-0.1, -0.05) is 12.1 Å². The van der Waals surface area contributed by atoms with Crippen molar-refractivity contribution in [3.8, 4) is 0 Å². The fourth-order valence-electron chi connectivity index (χ4n) is 0.439. The van der Waals surface area contributed by atoms with Gasteiger partial charge >= 0.3 is 0 Å². The van der Waals surface area contributed by atoms with Crippen LogP contribution in [0.25, 0.3) is 0 Å². The van der Waals surface area contributed by atoms with Crippen LogP contribution in [0.15, 0.2) is 5.16 Å². The molecule has 0 saturated heterocycles. The minimum absolute atomic E-state index is 0.190.